The normalized spacial score (nSPS) is 14.2. The summed E-state index contributed by atoms with van der Waals surface area (Å²) < 4.78 is 13.2. The van der Waals surface area contributed by atoms with E-state index >= 15 is 0 Å². The molecule has 3 rings (SSSR count). The zero-order valence-corrected chi connectivity index (χ0v) is 14.1. The van der Waals surface area contributed by atoms with E-state index in [-0.39, 0.29) is 5.91 Å². The van der Waals surface area contributed by atoms with Crippen LogP contribution in [0.4, 0.5) is 21.5 Å². The highest BCUT2D eigenvalue weighted by molar-refractivity contribution is 6.16. The number of hydrogen-bond acceptors (Lipinski definition) is 3. The van der Waals surface area contributed by atoms with Crippen LogP contribution in [0.2, 0.25) is 0 Å². The van der Waals surface area contributed by atoms with Gasteiger partial charge in [0.15, 0.2) is 0 Å². The summed E-state index contributed by atoms with van der Waals surface area (Å²) >= 11 is 0. The van der Waals surface area contributed by atoms with Gasteiger partial charge in [-0.25, -0.2) is 4.39 Å². The Kier molecular flexibility index (Phi) is 4.71. The lowest BCUT2D eigenvalue weighted by Crippen LogP contribution is -2.35. The van der Waals surface area contributed by atoms with Gasteiger partial charge in [-0.2, -0.15) is 0 Å². The van der Waals surface area contributed by atoms with Crippen LogP contribution in [0.1, 0.15) is 19.8 Å². The Bertz CT molecular complexity index is 861. The fourth-order valence-corrected chi connectivity index (χ4v) is 2.59. The van der Waals surface area contributed by atoms with Crippen molar-refractivity contribution in [2.75, 3.05) is 16.0 Å². The minimum absolute atomic E-state index is 0.187. The van der Waals surface area contributed by atoms with Crippen LogP contribution in [0.3, 0.4) is 0 Å². The topological polar surface area (TPSA) is 87.3 Å². The molecule has 1 aliphatic rings. The molecular weight excluding hydrogens is 337 g/mol. The Morgan fingerprint density at radius 1 is 0.846 bits per heavy atom. The van der Waals surface area contributed by atoms with Gasteiger partial charge in [-0.1, -0.05) is 6.07 Å². The summed E-state index contributed by atoms with van der Waals surface area (Å²) in [6, 6.07) is 12.1. The summed E-state index contributed by atoms with van der Waals surface area (Å²) in [6.45, 7) is 1.41. The second kappa shape index (κ2) is 6.95. The molecule has 3 amide bonds. The number of halogens is 1. The minimum atomic E-state index is -1.14. The molecule has 0 unspecified atom stereocenters. The van der Waals surface area contributed by atoms with Crippen molar-refractivity contribution in [3.05, 3.63) is 54.3 Å². The molecule has 0 spiro atoms. The predicted octanol–water partition coefficient (Wildman–Crippen LogP) is 3.14. The van der Waals surface area contributed by atoms with Crippen molar-refractivity contribution in [2.24, 2.45) is 5.41 Å². The van der Waals surface area contributed by atoms with Crippen molar-refractivity contribution in [1.82, 2.24) is 0 Å². The van der Waals surface area contributed by atoms with E-state index in [0.29, 0.717) is 29.9 Å². The predicted molar refractivity (Wildman–Crippen MR) is 96.1 cm³/mol. The Morgan fingerprint density at radius 2 is 1.38 bits per heavy atom. The first kappa shape index (κ1) is 17.6. The van der Waals surface area contributed by atoms with Crippen LogP contribution in [0, 0.1) is 11.2 Å². The first-order valence-electron chi connectivity index (χ1n) is 8.15. The quantitative estimate of drug-likeness (QED) is 0.720. The first-order valence-corrected chi connectivity index (χ1v) is 8.15. The van der Waals surface area contributed by atoms with Gasteiger partial charge in [0.1, 0.15) is 11.2 Å². The molecule has 3 N–H and O–H groups in total. The van der Waals surface area contributed by atoms with Crippen molar-refractivity contribution in [1.29, 1.82) is 0 Å². The number of carbonyl (C=O) groups is 3. The number of anilines is 3. The Labute approximate surface area is 149 Å². The highest BCUT2D eigenvalue weighted by atomic mass is 19.1. The largest absolute Gasteiger partial charge is 0.326 e. The van der Waals surface area contributed by atoms with Crippen molar-refractivity contribution < 1.29 is 18.8 Å². The van der Waals surface area contributed by atoms with Crippen LogP contribution in [-0.4, -0.2) is 17.7 Å². The highest BCUT2D eigenvalue weighted by Crippen LogP contribution is 2.47. The average Bonchev–Trinajstić information content (AvgIpc) is 3.38. The van der Waals surface area contributed by atoms with Crippen molar-refractivity contribution in [2.45, 2.75) is 19.8 Å². The van der Waals surface area contributed by atoms with Gasteiger partial charge in [-0.15, -0.1) is 0 Å². The maximum absolute atomic E-state index is 13.2. The van der Waals surface area contributed by atoms with Crippen molar-refractivity contribution >= 4 is 34.8 Å². The lowest BCUT2D eigenvalue weighted by Gasteiger charge is -2.16. The molecule has 0 saturated heterocycles. The zero-order valence-electron chi connectivity index (χ0n) is 14.1. The summed E-state index contributed by atoms with van der Waals surface area (Å²) in [4.78, 5) is 36.0. The third-order valence-electron chi connectivity index (χ3n) is 4.16. The van der Waals surface area contributed by atoms with Gasteiger partial charge < -0.3 is 16.0 Å². The lowest BCUT2D eigenvalue weighted by atomic mass is 10.0. The molecule has 2 aromatic carbocycles. The Hall–Kier alpha value is -3.22. The van der Waals surface area contributed by atoms with Gasteiger partial charge in [0.2, 0.25) is 17.7 Å². The van der Waals surface area contributed by atoms with Crippen LogP contribution in [-0.2, 0) is 14.4 Å². The average molecular weight is 355 g/mol. The van der Waals surface area contributed by atoms with Crippen LogP contribution >= 0.6 is 0 Å². The minimum Gasteiger partial charge on any atom is -0.326 e. The molecule has 6 nitrogen and oxygen atoms in total. The molecule has 134 valence electrons. The number of hydrogen-bond donors (Lipinski definition) is 3. The molecule has 0 aliphatic heterocycles. The SMILES string of the molecule is CC(=O)Nc1ccc(NC(=O)C2(C(=O)Nc3cccc(F)c3)CC2)cc1. The number of rotatable bonds is 5. The van der Waals surface area contributed by atoms with E-state index in [4.69, 9.17) is 0 Å². The molecule has 1 fully saturated rings. The van der Waals surface area contributed by atoms with Gasteiger partial charge in [-0.3, -0.25) is 14.4 Å². The number of benzene rings is 2. The fraction of sp³-hybridized carbons (Fsp3) is 0.211. The second-order valence-electron chi connectivity index (χ2n) is 6.26. The van der Waals surface area contributed by atoms with Gasteiger partial charge in [0.05, 0.1) is 0 Å². The van der Waals surface area contributed by atoms with Gasteiger partial charge in [0, 0.05) is 24.0 Å². The van der Waals surface area contributed by atoms with Gasteiger partial charge >= 0.3 is 0 Å². The molecule has 0 bridgehead atoms. The number of nitrogens with one attached hydrogen (secondary N) is 3. The molecule has 0 heterocycles. The third kappa shape index (κ3) is 3.88. The van der Waals surface area contributed by atoms with Gasteiger partial charge in [0.25, 0.3) is 0 Å². The van der Waals surface area contributed by atoms with E-state index in [0.717, 1.165) is 0 Å². The Morgan fingerprint density at radius 3 is 1.88 bits per heavy atom. The van der Waals surface area contributed by atoms with Gasteiger partial charge in [-0.05, 0) is 55.3 Å². The summed E-state index contributed by atoms with van der Waals surface area (Å²) in [5.74, 6) is -1.50. The van der Waals surface area contributed by atoms with E-state index in [1.165, 1.54) is 25.1 Å². The van der Waals surface area contributed by atoms with Crippen LogP contribution in [0.25, 0.3) is 0 Å². The van der Waals surface area contributed by atoms with Crippen LogP contribution in [0.15, 0.2) is 48.5 Å². The van der Waals surface area contributed by atoms with E-state index in [9.17, 15) is 18.8 Å². The Balaban J connectivity index is 1.65. The van der Waals surface area contributed by atoms with E-state index in [1.54, 1.807) is 30.3 Å². The van der Waals surface area contributed by atoms with E-state index in [2.05, 4.69) is 16.0 Å². The summed E-state index contributed by atoms with van der Waals surface area (Å²) in [7, 11) is 0. The molecule has 1 saturated carbocycles. The molecule has 7 heteroatoms. The molecular formula is C19H18FN3O3. The second-order valence-corrected chi connectivity index (χ2v) is 6.26. The third-order valence-corrected chi connectivity index (χ3v) is 4.16. The van der Waals surface area contributed by atoms with Crippen molar-refractivity contribution in [3.8, 4) is 0 Å². The summed E-state index contributed by atoms with van der Waals surface area (Å²) in [5, 5.41) is 7.94. The molecule has 26 heavy (non-hydrogen) atoms. The number of amides is 3. The van der Waals surface area contributed by atoms with E-state index in [1.807, 2.05) is 0 Å². The monoisotopic (exact) mass is 355 g/mol. The standard InChI is InChI=1S/C19H18FN3O3/c1-12(24)21-14-5-7-15(8-6-14)22-17(25)19(9-10-19)18(26)23-16-4-2-3-13(20)11-16/h2-8,11H,9-10H2,1H3,(H,21,24)(H,22,25)(H,23,26). The maximum Gasteiger partial charge on any atom is 0.240 e. The molecule has 2 aromatic rings. The number of carbonyl (C=O) groups excluding carboxylic acids is 3. The molecule has 1 aliphatic carbocycles. The first-order chi connectivity index (χ1) is 12.4. The summed E-state index contributed by atoms with van der Waals surface area (Å²) in [6.07, 6.45) is 0.869. The molecule has 0 aromatic heterocycles. The molecule has 0 atom stereocenters. The fourth-order valence-electron chi connectivity index (χ4n) is 2.59. The van der Waals surface area contributed by atoms with Crippen molar-refractivity contribution in [3.63, 3.8) is 0 Å². The van der Waals surface area contributed by atoms with Crippen LogP contribution < -0.4 is 16.0 Å². The smallest absolute Gasteiger partial charge is 0.240 e. The van der Waals surface area contributed by atoms with Crippen LogP contribution in [0.5, 0.6) is 0 Å². The van der Waals surface area contributed by atoms with E-state index < -0.39 is 23.0 Å². The highest BCUT2D eigenvalue weighted by Gasteiger charge is 2.56. The molecule has 0 radical (unpaired) electrons. The maximum atomic E-state index is 13.2. The summed E-state index contributed by atoms with van der Waals surface area (Å²) in [5.41, 5.74) is 0.311. The zero-order chi connectivity index (χ0) is 18.7. The lowest BCUT2D eigenvalue weighted by molar-refractivity contribution is -0.131.